The standard InChI is InChI=1S/C13H16N2O2/c1-3-5-12(14)13(17)15-9(2)10-6-4-7-11(16)8-10/h1,4,6-9,12,16H,5,14H2,2H3,(H,15,17). The smallest absolute Gasteiger partial charge is 0.238 e. The molecule has 0 radical (unpaired) electrons. The number of rotatable bonds is 4. The van der Waals surface area contributed by atoms with Crippen molar-refractivity contribution in [2.75, 3.05) is 0 Å². The fourth-order valence-electron chi connectivity index (χ4n) is 1.42. The Kier molecular flexibility index (Phi) is 4.56. The largest absolute Gasteiger partial charge is 0.508 e. The van der Waals surface area contributed by atoms with Gasteiger partial charge in [0.1, 0.15) is 5.75 Å². The minimum atomic E-state index is -0.695. The summed E-state index contributed by atoms with van der Waals surface area (Å²) >= 11 is 0. The highest BCUT2D eigenvalue weighted by atomic mass is 16.3. The number of phenols is 1. The molecule has 0 aliphatic carbocycles. The van der Waals surface area contributed by atoms with Gasteiger partial charge in [-0.05, 0) is 24.6 Å². The van der Waals surface area contributed by atoms with Crippen LogP contribution in [0.5, 0.6) is 5.75 Å². The fraction of sp³-hybridized carbons (Fsp3) is 0.308. The summed E-state index contributed by atoms with van der Waals surface area (Å²) in [5.74, 6) is 2.22. The maximum Gasteiger partial charge on any atom is 0.238 e. The van der Waals surface area contributed by atoms with Crippen molar-refractivity contribution in [3.63, 3.8) is 0 Å². The molecule has 0 aromatic heterocycles. The van der Waals surface area contributed by atoms with E-state index in [0.717, 1.165) is 5.56 Å². The fourth-order valence-corrected chi connectivity index (χ4v) is 1.42. The summed E-state index contributed by atoms with van der Waals surface area (Å²) < 4.78 is 0. The Morgan fingerprint density at radius 3 is 2.94 bits per heavy atom. The van der Waals surface area contributed by atoms with E-state index in [0.29, 0.717) is 0 Å². The average molecular weight is 232 g/mol. The highest BCUT2D eigenvalue weighted by molar-refractivity contribution is 5.82. The molecule has 0 heterocycles. The molecule has 0 fully saturated rings. The van der Waals surface area contributed by atoms with E-state index in [4.69, 9.17) is 12.2 Å². The van der Waals surface area contributed by atoms with E-state index in [1.807, 2.05) is 13.0 Å². The predicted molar refractivity (Wildman–Crippen MR) is 66.1 cm³/mol. The summed E-state index contributed by atoms with van der Waals surface area (Å²) in [6.45, 7) is 1.81. The van der Waals surface area contributed by atoms with Crippen molar-refractivity contribution < 1.29 is 9.90 Å². The van der Waals surface area contributed by atoms with E-state index >= 15 is 0 Å². The Hall–Kier alpha value is -1.99. The molecule has 17 heavy (non-hydrogen) atoms. The first-order valence-corrected chi connectivity index (χ1v) is 5.33. The number of terminal acetylenes is 1. The van der Waals surface area contributed by atoms with Gasteiger partial charge in [0.15, 0.2) is 0 Å². The number of hydrogen-bond donors (Lipinski definition) is 3. The number of nitrogens with one attached hydrogen (secondary N) is 1. The van der Waals surface area contributed by atoms with Gasteiger partial charge in [-0.15, -0.1) is 12.3 Å². The van der Waals surface area contributed by atoms with Crippen molar-refractivity contribution in [3.8, 4) is 18.1 Å². The second-order valence-corrected chi connectivity index (χ2v) is 3.84. The van der Waals surface area contributed by atoms with Crippen LogP contribution in [0.25, 0.3) is 0 Å². The van der Waals surface area contributed by atoms with Gasteiger partial charge in [-0.1, -0.05) is 12.1 Å². The van der Waals surface area contributed by atoms with Crippen molar-refractivity contribution >= 4 is 5.91 Å². The first kappa shape index (κ1) is 13.1. The number of nitrogens with two attached hydrogens (primary N) is 1. The van der Waals surface area contributed by atoms with Gasteiger partial charge in [0, 0.05) is 6.42 Å². The molecule has 0 spiro atoms. The van der Waals surface area contributed by atoms with Crippen LogP contribution in [0.4, 0.5) is 0 Å². The second-order valence-electron chi connectivity index (χ2n) is 3.84. The molecular formula is C13H16N2O2. The summed E-state index contributed by atoms with van der Waals surface area (Å²) in [6, 6.07) is 5.78. The van der Waals surface area contributed by atoms with Crippen LogP contribution in [0, 0.1) is 12.3 Å². The molecule has 1 aromatic carbocycles. The number of benzene rings is 1. The summed E-state index contributed by atoms with van der Waals surface area (Å²) in [4.78, 5) is 11.6. The van der Waals surface area contributed by atoms with Gasteiger partial charge in [0.25, 0.3) is 0 Å². The lowest BCUT2D eigenvalue weighted by Gasteiger charge is -2.17. The zero-order chi connectivity index (χ0) is 12.8. The number of phenolic OH excluding ortho intramolecular Hbond substituents is 1. The Bertz CT molecular complexity index is 437. The molecule has 2 atom stereocenters. The third-order valence-corrected chi connectivity index (χ3v) is 2.40. The molecule has 1 rings (SSSR count). The van der Waals surface area contributed by atoms with Crippen LogP contribution in [-0.4, -0.2) is 17.1 Å². The second kappa shape index (κ2) is 5.92. The minimum absolute atomic E-state index is 0.163. The zero-order valence-electron chi connectivity index (χ0n) is 9.68. The number of carbonyl (C=O) groups is 1. The van der Waals surface area contributed by atoms with Gasteiger partial charge < -0.3 is 16.2 Å². The molecule has 0 aliphatic heterocycles. The maximum atomic E-state index is 11.6. The lowest BCUT2D eigenvalue weighted by molar-refractivity contribution is -0.122. The van der Waals surface area contributed by atoms with Gasteiger partial charge in [-0.2, -0.15) is 0 Å². The molecule has 4 heteroatoms. The van der Waals surface area contributed by atoms with Crippen LogP contribution in [0.15, 0.2) is 24.3 Å². The maximum absolute atomic E-state index is 11.6. The number of carbonyl (C=O) groups excluding carboxylic acids is 1. The summed E-state index contributed by atoms with van der Waals surface area (Å²) in [7, 11) is 0. The lowest BCUT2D eigenvalue weighted by Crippen LogP contribution is -2.41. The molecule has 1 aromatic rings. The quantitative estimate of drug-likeness (QED) is 0.676. The molecule has 0 aliphatic rings. The van der Waals surface area contributed by atoms with E-state index in [1.54, 1.807) is 18.2 Å². The number of amides is 1. The van der Waals surface area contributed by atoms with Crippen LogP contribution < -0.4 is 11.1 Å². The highest BCUT2D eigenvalue weighted by Crippen LogP contribution is 2.17. The first-order chi connectivity index (χ1) is 8.04. The van der Waals surface area contributed by atoms with E-state index in [-0.39, 0.29) is 24.1 Å². The molecule has 0 saturated heterocycles. The van der Waals surface area contributed by atoms with Gasteiger partial charge in [-0.3, -0.25) is 4.79 Å². The Morgan fingerprint density at radius 2 is 2.35 bits per heavy atom. The Labute approximate surface area is 101 Å². The van der Waals surface area contributed by atoms with Crippen molar-refractivity contribution in [1.82, 2.24) is 5.32 Å². The summed E-state index contributed by atoms with van der Waals surface area (Å²) in [6.07, 6.45) is 5.29. The van der Waals surface area contributed by atoms with Crippen LogP contribution in [-0.2, 0) is 4.79 Å². The van der Waals surface area contributed by atoms with Crippen molar-refractivity contribution in [2.45, 2.75) is 25.4 Å². The third-order valence-electron chi connectivity index (χ3n) is 2.40. The van der Waals surface area contributed by atoms with Crippen LogP contribution in [0.3, 0.4) is 0 Å². The lowest BCUT2D eigenvalue weighted by atomic mass is 10.1. The first-order valence-electron chi connectivity index (χ1n) is 5.33. The van der Waals surface area contributed by atoms with Gasteiger partial charge >= 0.3 is 0 Å². The average Bonchev–Trinajstić information content (AvgIpc) is 2.29. The monoisotopic (exact) mass is 232 g/mol. The Balaban J connectivity index is 2.64. The topological polar surface area (TPSA) is 75.4 Å². The van der Waals surface area contributed by atoms with Crippen molar-refractivity contribution in [3.05, 3.63) is 29.8 Å². The normalized spacial score (nSPS) is 13.5. The summed E-state index contributed by atoms with van der Waals surface area (Å²) in [5, 5.41) is 12.1. The number of aromatic hydroxyl groups is 1. The molecule has 0 saturated carbocycles. The van der Waals surface area contributed by atoms with E-state index < -0.39 is 6.04 Å². The van der Waals surface area contributed by atoms with Crippen LogP contribution >= 0.6 is 0 Å². The van der Waals surface area contributed by atoms with E-state index in [1.165, 1.54) is 0 Å². The van der Waals surface area contributed by atoms with E-state index in [9.17, 15) is 9.90 Å². The van der Waals surface area contributed by atoms with Crippen LogP contribution in [0.2, 0.25) is 0 Å². The van der Waals surface area contributed by atoms with Crippen LogP contribution in [0.1, 0.15) is 24.9 Å². The summed E-state index contributed by atoms with van der Waals surface area (Å²) in [5.41, 5.74) is 6.39. The van der Waals surface area contributed by atoms with Gasteiger partial charge in [0.2, 0.25) is 5.91 Å². The van der Waals surface area contributed by atoms with Gasteiger partial charge in [-0.25, -0.2) is 0 Å². The molecule has 1 amide bonds. The Morgan fingerprint density at radius 1 is 1.65 bits per heavy atom. The van der Waals surface area contributed by atoms with Crippen molar-refractivity contribution in [2.24, 2.45) is 5.73 Å². The van der Waals surface area contributed by atoms with Gasteiger partial charge in [0.05, 0.1) is 12.1 Å². The number of hydrogen-bond acceptors (Lipinski definition) is 3. The predicted octanol–water partition coefficient (Wildman–Crippen LogP) is 0.920. The van der Waals surface area contributed by atoms with E-state index in [2.05, 4.69) is 11.2 Å². The zero-order valence-corrected chi connectivity index (χ0v) is 9.68. The molecule has 4 nitrogen and oxygen atoms in total. The minimum Gasteiger partial charge on any atom is -0.508 e. The molecule has 0 bridgehead atoms. The highest BCUT2D eigenvalue weighted by Gasteiger charge is 2.15. The molecular weight excluding hydrogens is 216 g/mol. The third kappa shape index (κ3) is 3.82. The van der Waals surface area contributed by atoms with Crippen molar-refractivity contribution in [1.29, 1.82) is 0 Å². The molecule has 90 valence electrons. The molecule has 2 unspecified atom stereocenters. The molecule has 4 N–H and O–H groups in total. The SMILES string of the molecule is C#CCC(N)C(=O)NC(C)c1cccc(O)c1.